The van der Waals surface area contributed by atoms with E-state index in [1.807, 2.05) is 31.2 Å². The zero-order chi connectivity index (χ0) is 21.5. The van der Waals surface area contributed by atoms with Crippen molar-refractivity contribution in [1.29, 1.82) is 5.26 Å². The lowest BCUT2D eigenvalue weighted by Crippen LogP contribution is -2.22. The SMILES string of the molecule is CCN(CC)c1ccc(NC(=O)c2ccc(Nc3ccc(C#N)cc3)nc2)c(C)c1. The molecule has 1 heterocycles. The molecule has 0 fully saturated rings. The molecule has 0 atom stereocenters. The van der Waals surface area contributed by atoms with Gasteiger partial charge in [-0.3, -0.25) is 4.79 Å². The molecule has 0 saturated carbocycles. The molecule has 1 aromatic heterocycles. The van der Waals surface area contributed by atoms with E-state index >= 15 is 0 Å². The van der Waals surface area contributed by atoms with Crippen molar-refractivity contribution in [2.24, 2.45) is 0 Å². The third-order valence-electron chi connectivity index (χ3n) is 4.90. The fraction of sp³-hybridized carbons (Fsp3) is 0.208. The summed E-state index contributed by atoms with van der Waals surface area (Å²) in [5.74, 6) is 0.419. The van der Waals surface area contributed by atoms with Gasteiger partial charge in [0.1, 0.15) is 5.82 Å². The minimum atomic E-state index is -0.203. The van der Waals surface area contributed by atoms with Gasteiger partial charge in [-0.05, 0) is 80.9 Å². The highest BCUT2D eigenvalue weighted by Crippen LogP contribution is 2.23. The van der Waals surface area contributed by atoms with E-state index in [0.29, 0.717) is 16.9 Å². The highest BCUT2D eigenvalue weighted by atomic mass is 16.1. The van der Waals surface area contributed by atoms with Gasteiger partial charge in [0.15, 0.2) is 0 Å². The Hall–Kier alpha value is -3.85. The van der Waals surface area contributed by atoms with Crippen LogP contribution in [0.2, 0.25) is 0 Å². The number of nitrogens with zero attached hydrogens (tertiary/aromatic N) is 3. The molecule has 0 aliphatic carbocycles. The Morgan fingerprint density at radius 3 is 2.37 bits per heavy atom. The maximum absolute atomic E-state index is 12.6. The predicted molar refractivity (Wildman–Crippen MR) is 121 cm³/mol. The summed E-state index contributed by atoms with van der Waals surface area (Å²) in [6.07, 6.45) is 1.54. The first-order valence-corrected chi connectivity index (χ1v) is 9.94. The van der Waals surface area contributed by atoms with Crippen molar-refractivity contribution in [3.8, 4) is 6.07 Å². The summed E-state index contributed by atoms with van der Waals surface area (Å²) < 4.78 is 0. The summed E-state index contributed by atoms with van der Waals surface area (Å²) in [6.45, 7) is 8.13. The Morgan fingerprint density at radius 1 is 1.07 bits per heavy atom. The molecule has 3 aromatic rings. The summed E-state index contributed by atoms with van der Waals surface area (Å²) >= 11 is 0. The Labute approximate surface area is 177 Å². The Kier molecular flexibility index (Phi) is 6.66. The third-order valence-corrected chi connectivity index (χ3v) is 4.90. The zero-order valence-corrected chi connectivity index (χ0v) is 17.4. The van der Waals surface area contributed by atoms with Crippen LogP contribution in [0.15, 0.2) is 60.8 Å². The molecule has 0 spiro atoms. The number of aryl methyl sites for hydroxylation is 1. The first kappa shape index (κ1) is 20.9. The number of aromatic nitrogens is 1. The number of hydrogen-bond donors (Lipinski definition) is 2. The summed E-state index contributed by atoms with van der Waals surface area (Å²) in [7, 11) is 0. The van der Waals surface area contributed by atoms with Crippen molar-refractivity contribution < 1.29 is 4.79 Å². The van der Waals surface area contributed by atoms with Gasteiger partial charge in [-0.15, -0.1) is 0 Å². The standard InChI is InChI=1S/C24H25N5O/c1-4-29(5-2)21-11-12-22(17(3)14-21)28-24(30)19-8-13-23(26-16-19)27-20-9-6-18(15-25)7-10-20/h6-14,16H,4-5H2,1-3H3,(H,26,27)(H,28,30). The van der Waals surface area contributed by atoms with Crippen molar-refractivity contribution in [3.63, 3.8) is 0 Å². The van der Waals surface area contributed by atoms with Gasteiger partial charge in [-0.25, -0.2) is 4.98 Å². The third kappa shape index (κ3) is 4.95. The van der Waals surface area contributed by atoms with Crippen LogP contribution in [0.4, 0.5) is 22.9 Å². The van der Waals surface area contributed by atoms with Gasteiger partial charge in [0, 0.05) is 36.3 Å². The normalized spacial score (nSPS) is 10.2. The molecule has 0 unspecified atom stereocenters. The molecule has 0 radical (unpaired) electrons. The summed E-state index contributed by atoms with van der Waals surface area (Å²) in [5.41, 5.74) is 4.85. The van der Waals surface area contributed by atoms with Crippen molar-refractivity contribution in [1.82, 2.24) is 4.98 Å². The van der Waals surface area contributed by atoms with Gasteiger partial charge >= 0.3 is 0 Å². The number of pyridine rings is 1. The van der Waals surface area contributed by atoms with Crippen LogP contribution in [0.1, 0.15) is 35.3 Å². The smallest absolute Gasteiger partial charge is 0.257 e. The molecule has 6 heteroatoms. The molecule has 2 aromatic carbocycles. The van der Waals surface area contributed by atoms with E-state index in [0.717, 1.165) is 35.7 Å². The van der Waals surface area contributed by atoms with E-state index in [-0.39, 0.29) is 5.91 Å². The summed E-state index contributed by atoms with van der Waals surface area (Å²) in [6, 6.07) is 18.7. The Balaban J connectivity index is 1.66. The molecule has 0 aliphatic heterocycles. The van der Waals surface area contributed by atoms with Crippen LogP contribution in [0.25, 0.3) is 0 Å². The van der Waals surface area contributed by atoms with Crippen molar-refractivity contribution in [2.45, 2.75) is 20.8 Å². The number of nitriles is 1. The first-order valence-electron chi connectivity index (χ1n) is 9.94. The van der Waals surface area contributed by atoms with Crippen molar-refractivity contribution in [2.75, 3.05) is 28.6 Å². The van der Waals surface area contributed by atoms with Gasteiger partial charge in [0.05, 0.1) is 17.2 Å². The fourth-order valence-corrected chi connectivity index (χ4v) is 3.15. The molecule has 6 nitrogen and oxygen atoms in total. The number of amides is 1. The van der Waals surface area contributed by atoms with Crippen LogP contribution in [0, 0.1) is 18.3 Å². The van der Waals surface area contributed by atoms with E-state index in [1.165, 1.54) is 0 Å². The second-order valence-electron chi connectivity index (χ2n) is 6.87. The lowest BCUT2D eigenvalue weighted by atomic mass is 10.1. The van der Waals surface area contributed by atoms with Gasteiger partial charge in [-0.2, -0.15) is 5.26 Å². The maximum atomic E-state index is 12.6. The largest absolute Gasteiger partial charge is 0.372 e. The molecule has 1 amide bonds. The number of hydrogen-bond acceptors (Lipinski definition) is 5. The van der Waals surface area contributed by atoms with Crippen LogP contribution in [0.3, 0.4) is 0 Å². The highest BCUT2D eigenvalue weighted by molar-refractivity contribution is 6.04. The van der Waals surface area contributed by atoms with Crippen LogP contribution >= 0.6 is 0 Å². The quantitative estimate of drug-likeness (QED) is 0.577. The van der Waals surface area contributed by atoms with Gasteiger partial charge in [0.25, 0.3) is 5.91 Å². The van der Waals surface area contributed by atoms with Gasteiger partial charge < -0.3 is 15.5 Å². The van der Waals surface area contributed by atoms with E-state index < -0.39 is 0 Å². The molecular weight excluding hydrogens is 374 g/mol. The lowest BCUT2D eigenvalue weighted by Gasteiger charge is -2.22. The minimum absolute atomic E-state index is 0.203. The molecule has 0 bridgehead atoms. The minimum Gasteiger partial charge on any atom is -0.372 e. The average Bonchev–Trinajstić information content (AvgIpc) is 2.77. The topological polar surface area (TPSA) is 81.0 Å². The van der Waals surface area contributed by atoms with Gasteiger partial charge in [-0.1, -0.05) is 0 Å². The van der Waals surface area contributed by atoms with Gasteiger partial charge in [0.2, 0.25) is 0 Å². The number of benzene rings is 2. The second kappa shape index (κ2) is 9.57. The molecule has 2 N–H and O–H groups in total. The lowest BCUT2D eigenvalue weighted by molar-refractivity contribution is 0.102. The molecular formula is C24H25N5O. The first-order chi connectivity index (χ1) is 14.5. The molecule has 30 heavy (non-hydrogen) atoms. The van der Waals surface area contributed by atoms with Crippen LogP contribution in [-0.2, 0) is 0 Å². The Morgan fingerprint density at radius 2 is 1.80 bits per heavy atom. The monoisotopic (exact) mass is 399 g/mol. The average molecular weight is 399 g/mol. The van der Waals surface area contributed by atoms with Crippen LogP contribution in [0.5, 0.6) is 0 Å². The zero-order valence-electron chi connectivity index (χ0n) is 17.4. The fourth-order valence-electron chi connectivity index (χ4n) is 3.15. The maximum Gasteiger partial charge on any atom is 0.257 e. The summed E-state index contributed by atoms with van der Waals surface area (Å²) in [5, 5.41) is 15.0. The molecule has 3 rings (SSSR count). The number of anilines is 4. The van der Waals surface area contributed by atoms with E-state index in [1.54, 1.807) is 30.5 Å². The number of carbonyl (C=O) groups is 1. The van der Waals surface area contributed by atoms with E-state index in [4.69, 9.17) is 5.26 Å². The molecule has 152 valence electrons. The molecule has 0 aliphatic rings. The van der Waals surface area contributed by atoms with Crippen molar-refractivity contribution in [3.05, 3.63) is 77.5 Å². The predicted octanol–water partition coefficient (Wildman–Crippen LogP) is 5.10. The Bertz CT molecular complexity index is 1050. The summed E-state index contributed by atoms with van der Waals surface area (Å²) in [4.78, 5) is 19.2. The van der Waals surface area contributed by atoms with E-state index in [9.17, 15) is 4.79 Å². The number of carbonyl (C=O) groups excluding carboxylic acids is 1. The molecule has 0 saturated heterocycles. The van der Waals surface area contributed by atoms with Crippen molar-refractivity contribution >= 4 is 28.8 Å². The highest BCUT2D eigenvalue weighted by Gasteiger charge is 2.10. The van der Waals surface area contributed by atoms with Crippen LogP contribution in [-0.4, -0.2) is 24.0 Å². The van der Waals surface area contributed by atoms with E-state index in [2.05, 4.69) is 46.5 Å². The number of nitrogens with one attached hydrogen (secondary N) is 2. The second-order valence-corrected chi connectivity index (χ2v) is 6.87. The number of rotatable bonds is 7. The van der Waals surface area contributed by atoms with Crippen LogP contribution < -0.4 is 15.5 Å².